The van der Waals surface area contributed by atoms with Gasteiger partial charge in [0.25, 0.3) is 0 Å². The van der Waals surface area contributed by atoms with E-state index in [4.69, 9.17) is 5.73 Å². The third kappa shape index (κ3) is 2.89. The summed E-state index contributed by atoms with van der Waals surface area (Å²) in [5, 5.41) is 0. The number of hydrogen-bond donors (Lipinski definition) is 1. The predicted molar refractivity (Wildman–Crippen MR) is 124 cm³/mol. The van der Waals surface area contributed by atoms with Crippen molar-refractivity contribution in [3.05, 3.63) is 41.4 Å². The molecule has 5 nitrogen and oxygen atoms in total. The van der Waals surface area contributed by atoms with E-state index in [9.17, 15) is 9.59 Å². The molecule has 2 saturated carbocycles. The molecule has 2 amide bonds. The zero-order valence-corrected chi connectivity index (χ0v) is 20.1. The van der Waals surface area contributed by atoms with Gasteiger partial charge in [0.1, 0.15) is 12.2 Å². The van der Waals surface area contributed by atoms with Crippen LogP contribution in [0, 0.1) is 34.5 Å². The van der Waals surface area contributed by atoms with E-state index in [1.165, 1.54) is 11.3 Å². The first-order valence-electron chi connectivity index (χ1n) is 12.4. The SMILES string of the molecule is CC1=C2[C@](C)(CCC(=O)[N+]2(C)Cc2cccnc2)C2CC[C@@]3(C)C(CC[C@@H]3C(N)=O)C2C1. The minimum Gasteiger partial charge on any atom is -0.369 e. The molecule has 1 aromatic rings. The molecule has 3 fully saturated rings. The number of rotatable bonds is 3. The van der Waals surface area contributed by atoms with Crippen LogP contribution in [0.2, 0.25) is 0 Å². The van der Waals surface area contributed by atoms with Crippen molar-refractivity contribution in [1.29, 1.82) is 0 Å². The van der Waals surface area contributed by atoms with E-state index in [0.29, 0.717) is 41.1 Å². The fraction of sp³-hybridized carbons (Fsp3) is 0.667. The average Bonchev–Trinajstić information content (AvgIpc) is 3.09. The Labute approximate surface area is 192 Å². The molecule has 1 saturated heterocycles. The number of nitrogens with zero attached hydrogens (tertiary/aromatic N) is 2. The van der Waals surface area contributed by atoms with Gasteiger partial charge in [-0.1, -0.05) is 19.9 Å². The van der Waals surface area contributed by atoms with Gasteiger partial charge in [0.05, 0.1) is 13.5 Å². The van der Waals surface area contributed by atoms with E-state index in [1.807, 2.05) is 12.3 Å². The van der Waals surface area contributed by atoms with Gasteiger partial charge < -0.3 is 5.73 Å². The summed E-state index contributed by atoms with van der Waals surface area (Å²) in [7, 11) is 2.14. The lowest BCUT2D eigenvalue weighted by molar-refractivity contribution is -0.822. The van der Waals surface area contributed by atoms with Gasteiger partial charge in [-0.25, -0.2) is 9.28 Å². The Hall–Kier alpha value is -2.01. The lowest BCUT2D eigenvalue weighted by Crippen LogP contribution is -2.61. The molecule has 0 radical (unpaired) electrons. The number of carbonyl (C=O) groups is 2. The van der Waals surface area contributed by atoms with Crippen LogP contribution in [-0.2, 0) is 16.1 Å². The van der Waals surface area contributed by atoms with Crippen LogP contribution in [0.1, 0.15) is 71.3 Å². The van der Waals surface area contributed by atoms with Crippen molar-refractivity contribution in [1.82, 2.24) is 4.98 Å². The topological polar surface area (TPSA) is 73.1 Å². The standard InChI is InChI=1S/C27H37N3O2/c1-17-14-19-20-7-8-22(25(28)32)26(20,2)11-9-21(19)27(3)12-10-23(31)30(4,24(17)27)16-18-6-5-13-29-15-18/h5-6,13,15,19-22H,7-12,14,16H2,1-4H3,(H-,28,32)/p+1/t19?,20?,21?,22-,26+,27-,30?/m1/s1. The van der Waals surface area contributed by atoms with Crippen molar-refractivity contribution in [3.8, 4) is 0 Å². The number of fused-ring (bicyclic) bond motifs is 5. The number of nitrogens with two attached hydrogens (primary N) is 1. The molecule has 2 heterocycles. The number of quaternary nitrogens is 1. The van der Waals surface area contributed by atoms with Crippen molar-refractivity contribution < 1.29 is 14.1 Å². The number of piperidine rings is 1. The van der Waals surface area contributed by atoms with Gasteiger partial charge in [-0.3, -0.25) is 9.78 Å². The zero-order valence-electron chi connectivity index (χ0n) is 20.1. The molecule has 1 aliphatic heterocycles. The second kappa shape index (κ2) is 7.24. The summed E-state index contributed by atoms with van der Waals surface area (Å²) in [6.45, 7) is 7.73. The smallest absolute Gasteiger partial charge is 0.318 e. The third-order valence-corrected chi connectivity index (χ3v) is 10.2. The molecule has 2 N–H and O–H groups in total. The molecule has 32 heavy (non-hydrogen) atoms. The van der Waals surface area contributed by atoms with Gasteiger partial charge >= 0.3 is 5.91 Å². The Bertz CT molecular complexity index is 988. The summed E-state index contributed by atoms with van der Waals surface area (Å²) in [5.41, 5.74) is 9.81. The molecule has 7 atom stereocenters. The van der Waals surface area contributed by atoms with Gasteiger partial charge in [0, 0.05) is 29.3 Å². The number of carbonyl (C=O) groups excluding carboxylic acids is 2. The maximum atomic E-state index is 13.4. The van der Waals surface area contributed by atoms with Crippen molar-refractivity contribution in [2.24, 2.45) is 40.2 Å². The van der Waals surface area contributed by atoms with Crippen molar-refractivity contribution >= 4 is 11.8 Å². The molecule has 4 aliphatic rings. The maximum Gasteiger partial charge on any atom is 0.318 e. The third-order valence-electron chi connectivity index (χ3n) is 10.2. The lowest BCUT2D eigenvalue weighted by atomic mass is 9.47. The van der Waals surface area contributed by atoms with E-state index in [2.05, 4.69) is 38.9 Å². The van der Waals surface area contributed by atoms with Crippen LogP contribution in [-0.4, -0.2) is 28.3 Å². The predicted octanol–water partition coefficient (Wildman–Crippen LogP) is 4.58. The number of pyridine rings is 1. The lowest BCUT2D eigenvalue weighted by Gasteiger charge is -2.59. The highest BCUT2D eigenvalue weighted by Gasteiger charge is 2.64. The molecule has 0 spiro atoms. The highest BCUT2D eigenvalue weighted by molar-refractivity contribution is 5.78. The quantitative estimate of drug-likeness (QED) is 0.705. The number of hydrogen-bond acceptors (Lipinski definition) is 3. The van der Waals surface area contributed by atoms with E-state index < -0.39 is 0 Å². The number of primary amides is 1. The number of aromatic nitrogens is 1. The molecule has 5 rings (SSSR count). The summed E-state index contributed by atoms with van der Waals surface area (Å²) < 4.78 is 0.392. The van der Waals surface area contributed by atoms with Crippen LogP contribution < -0.4 is 5.73 Å². The largest absolute Gasteiger partial charge is 0.369 e. The van der Waals surface area contributed by atoms with Crippen molar-refractivity contribution in [2.75, 3.05) is 7.05 Å². The van der Waals surface area contributed by atoms with Gasteiger partial charge in [-0.2, -0.15) is 0 Å². The first-order valence-corrected chi connectivity index (χ1v) is 12.4. The molecule has 172 valence electrons. The maximum absolute atomic E-state index is 13.4. The number of likely N-dealkylation sites (tertiary alicyclic amines) is 1. The fourth-order valence-corrected chi connectivity index (χ4v) is 8.99. The van der Waals surface area contributed by atoms with E-state index in [-0.39, 0.29) is 22.7 Å². The van der Waals surface area contributed by atoms with E-state index >= 15 is 0 Å². The molecular weight excluding hydrogens is 398 g/mol. The van der Waals surface area contributed by atoms with Crippen LogP contribution in [0.4, 0.5) is 0 Å². The van der Waals surface area contributed by atoms with Gasteiger partial charge in [-0.15, -0.1) is 0 Å². The van der Waals surface area contributed by atoms with Gasteiger partial charge in [0.2, 0.25) is 5.91 Å². The van der Waals surface area contributed by atoms with Crippen LogP contribution >= 0.6 is 0 Å². The van der Waals surface area contributed by atoms with Crippen LogP contribution in [0.5, 0.6) is 0 Å². The summed E-state index contributed by atoms with van der Waals surface area (Å²) in [6.07, 6.45) is 10.6. The Morgan fingerprint density at radius 2 is 2.00 bits per heavy atom. The summed E-state index contributed by atoms with van der Waals surface area (Å²) in [5.74, 6) is 1.97. The van der Waals surface area contributed by atoms with Crippen LogP contribution in [0.15, 0.2) is 35.8 Å². The Kier molecular flexibility index (Phi) is 4.94. The highest BCUT2D eigenvalue weighted by atomic mass is 16.2. The second-order valence-electron chi connectivity index (χ2n) is 11.8. The molecule has 1 aromatic heterocycles. The van der Waals surface area contributed by atoms with Crippen LogP contribution in [0.25, 0.3) is 0 Å². The first kappa shape index (κ1) is 21.8. The van der Waals surface area contributed by atoms with E-state index in [0.717, 1.165) is 44.1 Å². The minimum atomic E-state index is -0.104. The molecule has 3 aliphatic carbocycles. The van der Waals surface area contributed by atoms with Crippen molar-refractivity contribution in [2.45, 2.75) is 72.3 Å². The average molecular weight is 437 g/mol. The Morgan fingerprint density at radius 1 is 1.22 bits per heavy atom. The Morgan fingerprint density at radius 3 is 2.69 bits per heavy atom. The van der Waals surface area contributed by atoms with Gasteiger partial charge in [0.15, 0.2) is 0 Å². The van der Waals surface area contributed by atoms with Gasteiger partial charge in [-0.05, 0) is 80.3 Å². The Balaban J connectivity index is 1.56. The molecule has 0 bridgehead atoms. The number of allylic oxidation sites excluding steroid dienone is 2. The molecule has 4 unspecified atom stereocenters. The molecule has 0 aromatic carbocycles. The first-order chi connectivity index (χ1) is 15.1. The zero-order chi connectivity index (χ0) is 22.9. The minimum absolute atomic E-state index is 0.0199. The monoisotopic (exact) mass is 436 g/mol. The summed E-state index contributed by atoms with van der Waals surface area (Å²) in [6, 6.07) is 4.05. The van der Waals surface area contributed by atoms with E-state index in [1.54, 1.807) is 6.20 Å². The van der Waals surface area contributed by atoms with Crippen LogP contribution in [0.3, 0.4) is 0 Å². The van der Waals surface area contributed by atoms with Crippen molar-refractivity contribution in [3.63, 3.8) is 0 Å². The highest BCUT2D eigenvalue weighted by Crippen LogP contribution is 2.67. The molecule has 5 heteroatoms. The number of amides is 2. The second-order valence-corrected chi connectivity index (χ2v) is 11.8. The fourth-order valence-electron chi connectivity index (χ4n) is 8.99. The normalized spacial score (nSPS) is 43.4. The molecular formula is C27H38N3O2+. The summed E-state index contributed by atoms with van der Waals surface area (Å²) >= 11 is 0. The summed E-state index contributed by atoms with van der Waals surface area (Å²) in [4.78, 5) is 30.0.